The summed E-state index contributed by atoms with van der Waals surface area (Å²) in [6, 6.07) is 6.49. The number of hydrogen-bond donors (Lipinski definition) is 2. The molecule has 5 nitrogen and oxygen atoms in total. The van der Waals surface area contributed by atoms with Gasteiger partial charge in [-0.2, -0.15) is 0 Å². The first kappa shape index (κ1) is 17.0. The van der Waals surface area contributed by atoms with E-state index in [1.807, 2.05) is 18.2 Å². The lowest BCUT2D eigenvalue weighted by molar-refractivity contribution is -0.129. The predicted octanol–water partition coefficient (Wildman–Crippen LogP) is 2.34. The van der Waals surface area contributed by atoms with Crippen LogP contribution in [0.2, 0.25) is 0 Å². The summed E-state index contributed by atoms with van der Waals surface area (Å²) in [7, 11) is 0. The number of nitrogens with one attached hydrogen (secondary N) is 1. The average molecular weight is 343 g/mol. The normalized spacial score (nSPS) is 33.3. The number of piperidine rings is 1. The van der Waals surface area contributed by atoms with Gasteiger partial charge in [-0.05, 0) is 50.7 Å². The molecule has 3 fully saturated rings. The summed E-state index contributed by atoms with van der Waals surface area (Å²) in [5, 5.41) is 14.6. The largest absolute Gasteiger partial charge is 0.382 e. The van der Waals surface area contributed by atoms with Gasteiger partial charge in [-0.3, -0.25) is 14.7 Å². The second kappa shape index (κ2) is 7.04. The van der Waals surface area contributed by atoms with Crippen molar-refractivity contribution in [3.63, 3.8) is 0 Å². The van der Waals surface area contributed by atoms with E-state index in [2.05, 4.69) is 15.2 Å². The number of rotatable bonds is 4. The molecule has 2 bridgehead atoms. The topological polar surface area (TPSA) is 65.5 Å². The van der Waals surface area contributed by atoms with Gasteiger partial charge in [0.25, 0.3) is 0 Å². The van der Waals surface area contributed by atoms with Crippen molar-refractivity contribution in [3.8, 4) is 0 Å². The number of carbonyl (C=O) groups is 1. The van der Waals surface area contributed by atoms with Crippen molar-refractivity contribution in [2.45, 2.75) is 81.5 Å². The summed E-state index contributed by atoms with van der Waals surface area (Å²) in [5.41, 5.74) is -0.183. The van der Waals surface area contributed by atoms with Gasteiger partial charge in [0.15, 0.2) is 0 Å². The maximum absolute atomic E-state index is 12.6. The molecule has 1 saturated carbocycles. The number of nitrogens with zero attached hydrogens (tertiary/aromatic N) is 2. The molecular formula is C20H29N3O2. The Morgan fingerprint density at radius 1 is 1.20 bits per heavy atom. The second-order valence-electron chi connectivity index (χ2n) is 8.00. The number of amides is 1. The van der Waals surface area contributed by atoms with Crippen LogP contribution in [0.3, 0.4) is 0 Å². The van der Waals surface area contributed by atoms with Crippen molar-refractivity contribution in [2.75, 3.05) is 6.54 Å². The van der Waals surface area contributed by atoms with Gasteiger partial charge in [-0.25, -0.2) is 0 Å². The van der Waals surface area contributed by atoms with Crippen molar-refractivity contribution >= 4 is 5.91 Å². The zero-order valence-electron chi connectivity index (χ0n) is 14.9. The SMILES string of the molecule is O=C(CN1C2CCC1C(O)(c1ccccn1)CC2)NC1CCCCC1. The van der Waals surface area contributed by atoms with E-state index in [0.717, 1.165) is 44.2 Å². The van der Waals surface area contributed by atoms with Crippen LogP contribution in [-0.4, -0.2) is 45.6 Å². The Bertz CT molecular complexity index is 602. The van der Waals surface area contributed by atoms with Crippen molar-refractivity contribution in [1.29, 1.82) is 0 Å². The van der Waals surface area contributed by atoms with Gasteiger partial charge in [0.1, 0.15) is 5.60 Å². The fourth-order valence-corrected chi connectivity index (χ4v) is 5.16. The summed E-state index contributed by atoms with van der Waals surface area (Å²) in [4.78, 5) is 19.3. The summed E-state index contributed by atoms with van der Waals surface area (Å²) in [6.07, 6.45) is 11.4. The molecule has 2 aliphatic heterocycles. The molecule has 2 N–H and O–H groups in total. The first-order chi connectivity index (χ1) is 12.2. The highest BCUT2D eigenvalue weighted by molar-refractivity contribution is 5.78. The van der Waals surface area contributed by atoms with Crippen LogP contribution < -0.4 is 5.32 Å². The van der Waals surface area contributed by atoms with E-state index in [9.17, 15) is 9.90 Å². The first-order valence-corrected chi connectivity index (χ1v) is 9.86. The van der Waals surface area contributed by atoms with Gasteiger partial charge in [0.05, 0.1) is 12.2 Å². The zero-order chi connectivity index (χ0) is 17.3. The smallest absolute Gasteiger partial charge is 0.234 e. The average Bonchev–Trinajstić information content (AvgIpc) is 2.95. The van der Waals surface area contributed by atoms with Gasteiger partial charge in [0.2, 0.25) is 5.91 Å². The van der Waals surface area contributed by atoms with Crippen LogP contribution in [0.25, 0.3) is 0 Å². The highest BCUT2D eigenvalue weighted by Gasteiger charge is 2.52. The van der Waals surface area contributed by atoms with Gasteiger partial charge in [-0.1, -0.05) is 25.3 Å². The Morgan fingerprint density at radius 3 is 2.80 bits per heavy atom. The van der Waals surface area contributed by atoms with Crippen LogP contribution in [0.15, 0.2) is 24.4 Å². The minimum atomic E-state index is -0.931. The fourth-order valence-electron chi connectivity index (χ4n) is 5.16. The van der Waals surface area contributed by atoms with Gasteiger partial charge in [0, 0.05) is 24.3 Å². The lowest BCUT2D eigenvalue weighted by Gasteiger charge is -2.45. The third-order valence-electron chi connectivity index (χ3n) is 6.46. The quantitative estimate of drug-likeness (QED) is 0.881. The molecule has 5 heteroatoms. The van der Waals surface area contributed by atoms with E-state index < -0.39 is 5.60 Å². The van der Waals surface area contributed by atoms with Crippen molar-refractivity contribution in [3.05, 3.63) is 30.1 Å². The molecule has 3 aliphatic rings. The summed E-state index contributed by atoms with van der Waals surface area (Å²) >= 11 is 0. The maximum atomic E-state index is 12.6. The van der Waals surface area contributed by atoms with Crippen LogP contribution in [0, 0.1) is 0 Å². The molecule has 4 rings (SSSR count). The fraction of sp³-hybridized carbons (Fsp3) is 0.700. The zero-order valence-corrected chi connectivity index (χ0v) is 14.9. The van der Waals surface area contributed by atoms with Crippen LogP contribution in [0.4, 0.5) is 0 Å². The van der Waals surface area contributed by atoms with Crippen molar-refractivity contribution < 1.29 is 9.90 Å². The predicted molar refractivity (Wildman–Crippen MR) is 95.9 cm³/mol. The van der Waals surface area contributed by atoms with E-state index >= 15 is 0 Å². The number of pyridine rings is 1. The van der Waals surface area contributed by atoms with E-state index in [1.165, 1.54) is 19.3 Å². The van der Waals surface area contributed by atoms with E-state index in [1.54, 1.807) is 6.20 Å². The molecule has 3 atom stereocenters. The molecule has 136 valence electrons. The first-order valence-electron chi connectivity index (χ1n) is 9.86. The molecule has 3 heterocycles. The van der Waals surface area contributed by atoms with Crippen molar-refractivity contribution in [1.82, 2.24) is 15.2 Å². The molecule has 2 saturated heterocycles. The lowest BCUT2D eigenvalue weighted by atomic mass is 9.82. The van der Waals surface area contributed by atoms with E-state index in [0.29, 0.717) is 18.6 Å². The monoisotopic (exact) mass is 343 g/mol. The molecule has 3 unspecified atom stereocenters. The number of carbonyl (C=O) groups excluding carboxylic acids is 1. The highest BCUT2D eigenvalue weighted by atomic mass is 16.3. The van der Waals surface area contributed by atoms with Gasteiger partial charge >= 0.3 is 0 Å². The Balaban J connectivity index is 1.45. The maximum Gasteiger partial charge on any atom is 0.234 e. The Morgan fingerprint density at radius 2 is 2.04 bits per heavy atom. The highest BCUT2D eigenvalue weighted by Crippen LogP contribution is 2.46. The third kappa shape index (κ3) is 3.32. The Hall–Kier alpha value is -1.46. The molecule has 25 heavy (non-hydrogen) atoms. The molecule has 0 radical (unpaired) electrons. The van der Waals surface area contributed by atoms with Crippen molar-refractivity contribution in [2.24, 2.45) is 0 Å². The standard InChI is InChI=1S/C20H29N3O2/c24-19(22-15-6-2-1-3-7-15)14-23-16-9-10-18(23)20(25,12-11-16)17-8-4-5-13-21-17/h4-5,8,13,15-16,18,25H,1-3,6-7,9-12,14H2,(H,22,24). The number of aromatic nitrogens is 1. The molecule has 1 aromatic heterocycles. The Labute approximate surface area is 149 Å². The van der Waals surface area contributed by atoms with Crippen LogP contribution in [0.5, 0.6) is 0 Å². The number of hydrogen-bond acceptors (Lipinski definition) is 4. The molecule has 1 amide bonds. The van der Waals surface area contributed by atoms with Gasteiger partial charge < -0.3 is 10.4 Å². The summed E-state index contributed by atoms with van der Waals surface area (Å²) < 4.78 is 0. The Kier molecular flexibility index (Phi) is 4.78. The second-order valence-corrected chi connectivity index (χ2v) is 8.00. The molecule has 0 aromatic carbocycles. The van der Waals surface area contributed by atoms with E-state index in [-0.39, 0.29) is 11.9 Å². The third-order valence-corrected chi connectivity index (χ3v) is 6.46. The summed E-state index contributed by atoms with van der Waals surface area (Å²) in [6.45, 7) is 0.404. The number of fused-ring (bicyclic) bond motifs is 2. The summed E-state index contributed by atoms with van der Waals surface area (Å²) in [5.74, 6) is 0.120. The van der Waals surface area contributed by atoms with Crippen LogP contribution in [0.1, 0.15) is 63.5 Å². The molecular weight excluding hydrogens is 314 g/mol. The van der Waals surface area contributed by atoms with Crippen LogP contribution >= 0.6 is 0 Å². The minimum absolute atomic E-state index is 0.00161. The van der Waals surface area contributed by atoms with Gasteiger partial charge in [-0.15, -0.1) is 0 Å². The van der Waals surface area contributed by atoms with E-state index in [4.69, 9.17) is 0 Å². The molecule has 1 aliphatic carbocycles. The lowest BCUT2D eigenvalue weighted by Crippen LogP contribution is -2.57. The van der Waals surface area contributed by atoms with Crippen LogP contribution in [-0.2, 0) is 10.4 Å². The number of aliphatic hydroxyl groups is 1. The minimum Gasteiger partial charge on any atom is -0.382 e. The molecule has 0 spiro atoms. The molecule has 1 aromatic rings.